The SMILES string of the molecule is Cl.Cl.N#CC1=C/C=C/C=N\N=N\O\C=C/C=C/C=C/C=C/C=C1. The van der Waals surface area contributed by atoms with E-state index in [0.29, 0.717) is 5.57 Å². The van der Waals surface area contributed by atoms with Gasteiger partial charge < -0.3 is 4.84 Å². The van der Waals surface area contributed by atoms with Gasteiger partial charge in [0.1, 0.15) is 6.26 Å². The maximum Gasteiger partial charge on any atom is 0.124 e. The molecule has 0 aliphatic carbocycles. The molecule has 0 saturated heterocycles. The molecule has 23 heavy (non-hydrogen) atoms. The van der Waals surface area contributed by atoms with Crippen molar-refractivity contribution >= 4 is 31.0 Å². The number of hydrogen-bond donors (Lipinski definition) is 0. The third-order valence-electron chi connectivity index (χ3n) is 2.00. The van der Waals surface area contributed by atoms with Gasteiger partial charge in [-0.15, -0.1) is 29.9 Å². The molecule has 0 bridgehead atoms. The van der Waals surface area contributed by atoms with Gasteiger partial charge >= 0.3 is 0 Å². The largest absolute Gasteiger partial charge is 0.346 e. The molecule has 1 aliphatic heterocycles. The van der Waals surface area contributed by atoms with Crippen LogP contribution in [0, 0.1) is 11.3 Å². The van der Waals surface area contributed by atoms with Crippen LogP contribution in [0.2, 0.25) is 0 Å². The molecule has 1 heterocycles. The summed E-state index contributed by atoms with van der Waals surface area (Å²) in [6.07, 6.45) is 24.0. The highest BCUT2D eigenvalue weighted by Gasteiger charge is 1.83. The van der Waals surface area contributed by atoms with Crippen LogP contribution >= 0.6 is 24.8 Å². The summed E-state index contributed by atoms with van der Waals surface area (Å²) in [6.45, 7) is 0. The molecule has 0 amide bonds. The van der Waals surface area contributed by atoms with Crippen LogP contribution in [0.4, 0.5) is 0 Å². The van der Waals surface area contributed by atoms with Gasteiger partial charge in [-0.1, -0.05) is 48.6 Å². The van der Waals surface area contributed by atoms with Crippen LogP contribution in [-0.2, 0) is 4.84 Å². The molecular weight excluding hydrogens is 335 g/mol. The van der Waals surface area contributed by atoms with Crippen LogP contribution in [0.1, 0.15) is 0 Å². The van der Waals surface area contributed by atoms with Crippen molar-refractivity contribution in [3.63, 3.8) is 0 Å². The van der Waals surface area contributed by atoms with E-state index in [0.717, 1.165) is 0 Å². The molecule has 0 saturated carbocycles. The van der Waals surface area contributed by atoms with Gasteiger partial charge in [-0.2, -0.15) is 5.26 Å². The van der Waals surface area contributed by atoms with Gasteiger partial charge in [-0.05, 0) is 29.5 Å². The van der Waals surface area contributed by atoms with Gasteiger partial charge in [-0.3, -0.25) is 0 Å². The summed E-state index contributed by atoms with van der Waals surface area (Å²) in [5.74, 6) is 0. The minimum atomic E-state index is 0. The van der Waals surface area contributed by atoms with Crippen molar-refractivity contribution in [3.05, 3.63) is 84.7 Å². The highest BCUT2D eigenvalue weighted by atomic mass is 35.5. The zero-order valence-corrected chi connectivity index (χ0v) is 13.7. The van der Waals surface area contributed by atoms with Crippen LogP contribution in [0.25, 0.3) is 0 Å². The predicted octanol–water partition coefficient (Wildman–Crippen LogP) is 4.96. The lowest BCUT2D eigenvalue weighted by atomic mass is 10.2. The van der Waals surface area contributed by atoms with Crippen molar-refractivity contribution in [1.82, 2.24) is 0 Å². The van der Waals surface area contributed by atoms with Gasteiger partial charge in [0.2, 0.25) is 0 Å². The predicted molar refractivity (Wildman–Crippen MR) is 97.5 cm³/mol. The second-order valence-corrected chi connectivity index (χ2v) is 3.50. The van der Waals surface area contributed by atoms with Crippen molar-refractivity contribution in [2.24, 2.45) is 15.6 Å². The molecule has 1 aliphatic rings. The maximum atomic E-state index is 8.94. The third kappa shape index (κ3) is 14.0. The summed E-state index contributed by atoms with van der Waals surface area (Å²) in [5, 5.41) is 19.3. The van der Waals surface area contributed by atoms with Gasteiger partial charge in [0, 0.05) is 0 Å². The first-order valence-corrected chi connectivity index (χ1v) is 6.13. The van der Waals surface area contributed by atoms with Crippen molar-refractivity contribution in [1.29, 1.82) is 5.26 Å². The molecule has 0 radical (unpaired) electrons. The number of nitrogens with zero attached hydrogens (tertiary/aromatic N) is 4. The number of halogens is 2. The van der Waals surface area contributed by atoms with E-state index in [-0.39, 0.29) is 24.8 Å². The molecule has 7 heteroatoms. The van der Waals surface area contributed by atoms with Crippen LogP contribution in [0.5, 0.6) is 0 Å². The molecule has 0 atom stereocenters. The molecule has 120 valence electrons. The van der Waals surface area contributed by atoms with E-state index in [1.807, 2.05) is 30.4 Å². The van der Waals surface area contributed by atoms with E-state index in [9.17, 15) is 0 Å². The molecule has 0 aromatic heterocycles. The summed E-state index contributed by atoms with van der Waals surface area (Å²) < 4.78 is 0. The lowest BCUT2D eigenvalue weighted by molar-refractivity contribution is 0.237. The molecule has 0 N–H and O–H groups in total. The lowest BCUT2D eigenvalue weighted by Gasteiger charge is -1.82. The number of allylic oxidation sites excluding steroid dienone is 13. The molecule has 1 rings (SSSR count). The lowest BCUT2D eigenvalue weighted by Crippen LogP contribution is -1.69. The summed E-state index contributed by atoms with van der Waals surface area (Å²) in [7, 11) is 0. The fourth-order valence-corrected chi connectivity index (χ4v) is 1.10. The zero-order chi connectivity index (χ0) is 15.0. The first kappa shape index (κ1) is 22.6. The van der Waals surface area contributed by atoms with Crippen molar-refractivity contribution in [3.8, 4) is 6.07 Å². The summed E-state index contributed by atoms with van der Waals surface area (Å²) in [5.41, 5.74) is 0.528. The maximum absolute atomic E-state index is 8.94. The fraction of sp³-hybridized carbons (Fsp3) is 0. The monoisotopic (exact) mass is 350 g/mol. The Morgan fingerprint density at radius 2 is 1.48 bits per heavy atom. The molecule has 0 fully saturated rings. The third-order valence-corrected chi connectivity index (χ3v) is 2.00. The Morgan fingerprint density at radius 1 is 0.826 bits per heavy atom. The van der Waals surface area contributed by atoms with Gasteiger partial charge in [-0.25, -0.2) is 0 Å². The fourth-order valence-electron chi connectivity index (χ4n) is 1.10. The average Bonchev–Trinajstić information content (AvgIpc) is 2.51. The van der Waals surface area contributed by atoms with Gasteiger partial charge in [0.05, 0.1) is 23.1 Å². The Morgan fingerprint density at radius 3 is 2.17 bits per heavy atom. The summed E-state index contributed by atoms with van der Waals surface area (Å²) >= 11 is 0. The van der Waals surface area contributed by atoms with Crippen LogP contribution < -0.4 is 0 Å². The van der Waals surface area contributed by atoms with Crippen LogP contribution in [0.15, 0.2) is 100 Å². The highest BCUT2D eigenvalue weighted by Crippen LogP contribution is 1.96. The Bertz CT molecular complexity index is 618. The molecule has 0 aromatic carbocycles. The molecule has 0 spiro atoms. The van der Waals surface area contributed by atoms with E-state index < -0.39 is 0 Å². The molecule has 0 aromatic rings. The van der Waals surface area contributed by atoms with Crippen molar-refractivity contribution in [2.75, 3.05) is 0 Å². The zero-order valence-electron chi connectivity index (χ0n) is 12.1. The molecule has 0 unspecified atom stereocenters. The first-order chi connectivity index (χ1) is 10.4. The quantitative estimate of drug-likeness (QED) is 0.619. The van der Waals surface area contributed by atoms with E-state index in [4.69, 9.17) is 10.1 Å². The number of nitriles is 1. The van der Waals surface area contributed by atoms with Crippen LogP contribution in [0.3, 0.4) is 0 Å². The second kappa shape index (κ2) is 17.4. The van der Waals surface area contributed by atoms with E-state index in [2.05, 4.69) is 21.7 Å². The van der Waals surface area contributed by atoms with E-state index in [1.165, 1.54) is 12.5 Å². The molecule has 5 nitrogen and oxygen atoms in total. The van der Waals surface area contributed by atoms with Crippen LogP contribution in [-0.4, -0.2) is 6.21 Å². The topological polar surface area (TPSA) is 70.1 Å². The minimum Gasteiger partial charge on any atom is -0.346 e. The van der Waals surface area contributed by atoms with Crippen molar-refractivity contribution < 1.29 is 4.84 Å². The average molecular weight is 351 g/mol. The number of rotatable bonds is 0. The summed E-state index contributed by atoms with van der Waals surface area (Å²) in [6, 6.07) is 2.08. The Hall–Kier alpha value is -2.68. The van der Waals surface area contributed by atoms with Gasteiger partial charge in [0.15, 0.2) is 0 Å². The second-order valence-electron chi connectivity index (χ2n) is 3.50. The smallest absolute Gasteiger partial charge is 0.124 e. The van der Waals surface area contributed by atoms with Gasteiger partial charge in [0.25, 0.3) is 0 Å². The first-order valence-electron chi connectivity index (χ1n) is 6.13. The standard InChI is InChI=1S/C16H14N4O.2ClH/c17-15-16-11-7-5-3-1-2-4-6-10-14-21-20-19-18-13-9-8-12-16;;/h1-14H;2*1H/b2-1+,5-3+,6-4+,9-8+,11-7?,14-10-,16-12?,18-13-,20-19+;;. The van der Waals surface area contributed by atoms with E-state index in [1.54, 1.807) is 42.5 Å². The Balaban J connectivity index is 0. The normalized spacial score (nSPS) is 24.0. The number of hydrogen-bond acceptors (Lipinski definition) is 5. The highest BCUT2D eigenvalue weighted by molar-refractivity contribution is 5.85. The minimum absolute atomic E-state index is 0. The summed E-state index contributed by atoms with van der Waals surface area (Å²) in [4.78, 5) is 4.72. The van der Waals surface area contributed by atoms with Crippen molar-refractivity contribution in [2.45, 2.75) is 0 Å². The van der Waals surface area contributed by atoms with E-state index >= 15 is 0 Å². The Kier molecular flexibility index (Phi) is 17.1. The Labute approximate surface area is 147 Å². The molecular formula is C16H16Cl2N4O.